The number of esters is 1. The van der Waals surface area contributed by atoms with Gasteiger partial charge in [0.1, 0.15) is 6.23 Å². The summed E-state index contributed by atoms with van der Waals surface area (Å²) in [7, 11) is 0. The number of carbonyl (C=O) groups is 2. The van der Waals surface area contributed by atoms with Gasteiger partial charge in [0.15, 0.2) is 6.10 Å². The van der Waals surface area contributed by atoms with E-state index < -0.39 is 31.0 Å². The summed E-state index contributed by atoms with van der Waals surface area (Å²) in [6.07, 6.45) is -3.77. The fourth-order valence-electron chi connectivity index (χ4n) is 0.501. The molecule has 0 rings (SSSR count). The van der Waals surface area contributed by atoms with Gasteiger partial charge in [0, 0.05) is 0 Å². The molecule has 7 nitrogen and oxygen atoms in total. The number of carbonyl (C=O) groups excluding carboxylic acids is 2. The number of aliphatic hydroxyl groups is 3. The Balaban J connectivity index is 3.88. The average molecular weight is 207 g/mol. The van der Waals surface area contributed by atoms with Crippen LogP contribution >= 0.6 is 0 Å². The normalized spacial score (nSPS) is 14.3. The predicted octanol–water partition coefficient (Wildman–Crippen LogP) is -1.68. The summed E-state index contributed by atoms with van der Waals surface area (Å²) in [6.45, 7) is 0.776. The molecular weight excluding hydrogens is 194 g/mol. The number of aliphatic hydroxyl groups excluding tert-OH is 3. The topological polar surface area (TPSA) is 116 Å². The highest BCUT2D eigenvalue weighted by molar-refractivity contribution is 5.87. The highest BCUT2D eigenvalue weighted by atomic mass is 16.6. The highest BCUT2D eigenvalue weighted by Crippen LogP contribution is 1.90. The molecule has 82 valence electrons. The minimum absolute atomic E-state index is 0.256. The SMILES string of the molecule is CCC(O)NC(=O)OC(=O)C(O)CO. The summed E-state index contributed by atoms with van der Waals surface area (Å²) >= 11 is 0. The minimum Gasteiger partial charge on any atom is -0.393 e. The molecule has 4 N–H and O–H groups in total. The number of nitrogens with one attached hydrogen (secondary N) is 1. The lowest BCUT2D eigenvalue weighted by Crippen LogP contribution is -2.38. The fraction of sp³-hybridized carbons (Fsp3) is 0.714. The van der Waals surface area contributed by atoms with E-state index >= 15 is 0 Å². The molecule has 1 amide bonds. The number of rotatable bonds is 4. The van der Waals surface area contributed by atoms with Gasteiger partial charge in [-0.25, -0.2) is 9.59 Å². The predicted molar refractivity (Wildman–Crippen MR) is 44.0 cm³/mol. The van der Waals surface area contributed by atoms with E-state index in [0.717, 1.165) is 0 Å². The van der Waals surface area contributed by atoms with Gasteiger partial charge >= 0.3 is 12.1 Å². The Bertz CT molecular complexity index is 206. The van der Waals surface area contributed by atoms with E-state index in [-0.39, 0.29) is 6.42 Å². The van der Waals surface area contributed by atoms with Crippen LogP contribution in [0.4, 0.5) is 4.79 Å². The molecule has 7 heteroatoms. The second-order valence-electron chi connectivity index (χ2n) is 2.48. The van der Waals surface area contributed by atoms with Crippen LogP contribution in [0.2, 0.25) is 0 Å². The minimum atomic E-state index is -1.75. The Morgan fingerprint density at radius 1 is 1.43 bits per heavy atom. The van der Waals surface area contributed by atoms with Crippen molar-refractivity contribution in [2.45, 2.75) is 25.7 Å². The van der Waals surface area contributed by atoms with E-state index in [4.69, 9.17) is 15.3 Å². The van der Waals surface area contributed by atoms with Crippen LogP contribution in [0, 0.1) is 0 Å². The maximum absolute atomic E-state index is 10.7. The van der Waals surface area contributed by atoms with Crippen molar-refractivity contribution in [2.24, 2.45) is 0 Å². The summed E-state index contributed by atoms with van der Waals surface area (Å²) in [4.78, 5) is 21.4. The Labute approximate surface area is 80.3 Å². The first-order chi connectivity index (χ1) is 6.51. The van der Waals surface area contributed by atoms with Crippen molar-refractivity contribution in [3.8, 4) is 0 Å². The van der Waals surface area contributed by atoms with Crippen molar-refractivity contribution >= 4 is 12.1 Å². The van der Waals surface area contributed by atoms with Gasteiger partial charge in [0.2, 0.25) is 0 Å². The Kier molecular flexibility index (Phi) is 5.77. The fourth-order valence-corrected chi connectivity index (χ4v) is 0.501. The second kappa shape index (κ2) is 6.30. The molecule has 0 radical (unpaired) electrons. The molecule has 0 aromatic heterocycles. The molecule has 0 aromatic carbocycles. The van der Waals surface area contributed by atoms with Crippen LogP contribution in [-0.4, -0.2) is 46.3 Å². The van der Waals surface area contributed by atoms with Crippen molar-refractivity contribution in [3.63, 3.8) is 0 Å². The Morgan fingerprint density at radius 3 is 2.43 bits per heavy atom. The first-order valence-corrected chi connectivity index (χ1v) is 4.00. The number of hydrogen-bond donors (Lipinski definition) is 4. The van der Waals surface area contributed by atoms with Crippen LogP contribution in [-0.2, 0) is 9.53 Å². The zero-order valence-electron chi connectivity index (χ0n) is 7.64. The molecule has 0 saturated carbocycles. The van der Waals surface area contributed by atoms with Crippen LogP contribution in [0.5, 0.6) is 0 Å². The van der Waals surface area contributed by atoms with Crippen LogP contribution < -0.4 is 5.32 Å². The van der Waals surface area contributed by atoms with Crippen molar-refractivity contribution < 1.29 is 29.6 Å². The third-order valence-corrected chi connectivity index (χ3v) is 1.31. The summed E-state index contributed by atoms with van der Waals surface area (Å²) in [5.41, 5.74) is 0. The number of hydrogen-bond acceptors (Lipinski definition) is 6. The van der Waals surface area contributed by atoms with Gasteiger partial charge in [0.05, 0.1) is 6.61 Å². The first-order valence-electron chi connectivity index (χ1n) is 4.00. The molecule has 0 fully saturated rings. The standard InChI is InChI=1S/C7H13NO6/c1-2-5(11)8-7(13)14-6(12)4(10)3-9/h4-5,9-11H,2-3H2,1H3,(H,8,13). The third kappa shape index (κ3) is 4.75. The van der Waals surface area contributed by atoms with Crippen molar-refractivity contribution in [1.29, 1.82) is 0 Å². The van der Waals surface area contributed by atoms with Crippen LogP contribution in [0.25, 0.3) is 0 Å². The molecular formula is C7H13NO6. The summed E-state index contributed by atoms with van der Waals surface area (Å²) in [6, 6.07) is 0. The number of alkyl carbamates (subject to hydrolysis) is 1. The molecule has 0 bridgehead atoms. The molecule has 0 aliphatic heterocycles. The van der Waals surface area contributed by atoms with E-state index in [1.54, 1.807) is 6.92 Å². The van der Waals surface area contributed by atoms with E-state index in [2.05, 4.69) is 4.74 Å². The summed E-state index contributed by atoms with van der Waals surface area (Å²) < 4.78 is 4.02. The molecule has 2 unspecified atom stereocenters. The zero-order valence-corrected chi connectivity index (χ0v) is 7.64. The molecule has 0 aliphatic carbocycles. The van der Waals surface area contributed by atoms with Crippen molar-refractivity contribution in [3.05, 3.63) is 0 Å². The largest absolute Gasteiger partial charge is 0.416 e. The molecule has 2 atom stereocenters. The monoisotopic (exact) mass is 207 g/mol. The second-order valence-corrected chi connectivity index (χ2v) is 2.48. The highest BCUT2D eigenvalue weighted by Gasteiger charge is 2.19. The van der Waals surface area contributed by atoms with E-state index in [1.807, 2.05) is 5.32 Å². The van der Waals surface area contributed by atoms with E-state index in [1.165, 1.54) is 0 Å². The summed E-state index contributed by atoms with van der Waals surface area (Å²) in [5, 5.41) is 27.8. The van der Waals surface area contributed by atoms with Gasteiger partial charge in [-0.15, -0.1) is 0 Å². The van der Waals surface area contributed by atoms with E-state index in [0.29, 0.717) is 0 Å². The van der Waals surface area contributed by atoms with Gasteiger partial charge in [0.25, 0.3) is 0 Å². The lowest BCUT2D eigenvalue weighted by Gasteiger charge is -2.10. The molecule has 14 heavy (non-hydrogen) atoms. The van der Waals surface area contributed by atoms with Crippen molar-refractivity contribution in [2.75, 3.05) is 6.61 Å². The number of ether oxygens (including phenoxy) is 1. The van der Waals surface area contributed by atoms with E-state index in [9.17, 15) is 9.59 Å². The lowest BCUT2D eigenvalue weighted by atomic mass is 10.4. The quantitative estimate of drug-likeness (QED) is 0.248. The molecule has 0 spiro atoms. The van der Waals surface area contributed by atoms with Gasteiger partial charge in [-0.1, -0.05) is 6.92 Å². The smallest absolute Gasteiger partial charge is 0.393 e. The molecule has 0 aliphatic rings. The van der Waals surface area contributed by atoms with Crippen LogP contribution in [0.3, 0.4) is 0 Å². The summed E-state index contributed by atoms with van der Waals surface area (Å²) in [5.74, 6) is -1.27. The molecule has 0 heterocycles. The van der Waals surface area contributed by atoms with Gasteiger partial charge in [-0.3, -0.25) is 5.32 Å². The first kappa shape index (κ1) is 12.8. The zero-order chi connectivity index (χ0) is 11.1. The number of amides is 1. The van der Waals surface area contributed by atoms with Gasteiger partial charge < -0.3 is 20.1 Å². The third-order valence-electron chi connectivity index (χ3n) is 1.31. The maximum Gasteiger partial charge on any atom is 0.416 e. The molecule has 0 aromatic rings. The maximum atomic E-state index is 10.7. The van der Waals surface area contributed by atoms with Gasteiger partial charge in [-0.2, -0.15) is 0 Å². The van der Waals surface area contributed by atoms with Crippen molar-refractivity contribution in [1.82, 2.24) is 5.32 Å². The molecule has 0 saturated heterocycles. The van der Waals surface area contributed by atoms with Crippen LogP contribution in [0.1, 0.15) is 13.3 Å². The Morgan fingerprint density at radius 2 is 2.00 bits per heavy atom. The average Bonchev–Trinajstić information content (AvgIpc) is 2.15. The lowest BCUT2D eigenvalue weighted by molar-refractivity contribution is -0.149. The van der Waals surface area contributed by atoms with Gasteiger partial charge in [-0.05, 0) is 6.42 Å². The Hall–Kier alpha value is -1.18. The van der Waals surface area contributed by atoms with Crippen LogP contribution in [0.15, 0.2) is 0 Å².